The summed E-state index contributed by atoms with van der Waals surface area (Å²) in [6, 6.07) is 56.2. The zero-order valence-electron chi connectivity index (χ0n) is 28.1. The number of hydrogen-bond donors (Lipinski definition) is 0. The van der Waals surface area contributed by atoms with Crippen LogP contribution in [-0.2, 0) is 0 Å². The molecule has 4 heterocycles. The van der Waals surface area contributed by atoms with E-state index in [4.69, 9.17) is 24.4 Å². The molecule has 0 aliphatic rings. The molecule has 0 amide bonds. The molecule has 6 nitrogen and oxygen atoms in total. The highest BCUT2D eigenvalue weighted by molar-refractivity contribution is 7.21. The number of fused-ring (bicyclic) bond motifs is 7. The van der Waals surface area contributed by atoms with Crippen LogP contribution < -0.4 is 0 Å². The SMILES string of the molecule is c1ccc(-c2nc(-c3ccc4c5ccccc5n(-c5ccccc5)c4c3)nc(-c3cccc4oc5c(-c6nc7ccccc7s6)cccc5c34)n2)cc1. The normalized spacial score (nSPS) is 11.8. The van der Waals surface area contributed by atoms with Crippen LogP contribution in [0.1, 0.15) is 0 Å². The summed E-state index contributed by atoms with van der Waals surface area (Å²) in [4.78, 5) is 20.4. The standard InChI is InChI=1S/C46H27N5OS/c1-3-13-28(14-4-1)43-48-44(29-25-26-32-31-17-7-9-22-37(31)51(38(32)27-29)30-15-5-2-6-16-30)50-45(49-43)34-19-12-23-39-41(34)33-18-11-20-35(42(33)52-39)46-47-36-21-8-10-24-40(36)53-46/h1-27H. The van der Waals surface area contributed by atoms with Crippen molar-refractivity contribution in [1.82, 2.24) is 24.5 Å². The summed E-state index contributed by atoms with van der Waals surface area (Å²) in [7, 11) is 0. The van der Waals surface area contributed by atoms with E-state index in [0.717, 1.165) is 76.1 Å². The predicted octanol–water partition coefficient (Wildman–Crippen LogP) is 12.1. The lowest BCUT2D eigenvalue weighted by atomic mass is 10.0. The fourth-order valence-electron chi connectivity index (χ4n) is 7.50. The van der Waals surface area contributed by atoms with Crippen LogP contribution in [0.2, 0.25) is 0 Å². The molecule has 0 N–H and O–H groups in total. The Labute approximate surface area is 307 Å². The average Bonchev–Trinajstić information content (AvgIpc) is 3.93. The summed E-state index contributed by atoms with van der Waals surface area (Å²) in [5, 5.41) is 5.24. The summed E-state index contributed by atoms with van der Waals surface area (Å²) in [5.41, 5.74) is 9.54. The maximum absolute atomic E-state index is 6.65. The average molecular weight is 698 g/mol. The first-order chi connectivity index (χ1) is 26.3. The Kier molecular flexibility index (Phi) is 6.62. The van der Waals surface area contributed by atoms with Gasteiger partial charge in [0.15, 0.2) is 17.5 Å². The van der Waals surface area contributed by atoms with Crippen LogP contribution in [0.15, 0.2) is 168 Å². The van der Waals surface area contributed by atoms with Crippen LogP contribution in [0, 0.1) is 0 Å². The van der Waals surface area contributed by atoms with Gasteiger partial charge in [-0.15, -0.1) is 11.3 Å². The van der Waals surface area contributed by atoms with Crippen LogP contribution in [0.3, 0.4) is 0 Å². The number of furan rings is 1. The third-order valence-corrected chi connectivity index (χ3v) is 11.0. The molecule has 0 spiro atoms. The lowest BCUT2D eigenvalue weighted by Crippen LogP contribution is -2.00. The quantitative estimate of drug-likeness (QED) is 0.179. The predicted molar refractivity (Wildman–Crippen MR) is 216 cm³/mol. The van der Waals surface area contributed by atoms with Gasteiger partial charge in [-0.1, -0.05) is 115 Å². The first-order valence-corrected chi connectivity index (χ1v) is 18.3. The van der Waals surface area contributed by atoms with Crippen molar-refractivity contribution in [2.45, 2.75) is 0 Å². The highest BCUT2D eigenvalue weighted by atomic mass is 32.1. The molecule has 4 aromatic heterocycles. The number of para-hydroxylation sites is 4. The minimum absolute atomic E-state index is 0.580. The number of nitrogens with zero attached hydrogens (tertiary/aromatic N) is 5. The first-order valence-electron chi connectivity index (χ1n) is 17.5. The molecule has 0 aliphatic heterocycles. The Morgan fingerprint density at radius 3 is 2.02 bits per heavy atom. The fourth-order valence-corrected chi connectivity index (χ4v) is 8.48. The number of thiazole rings is 1. The summed E-state index contributed by atoms with van der Waals surface area (Å²) < 4.78 is 10.1. The summed E-state index contributed by atoms with van der Waals surface area (Å²) in [5.74, 6) is 1.78. The van der Waals surface area contributed by atoms with Crippen molar-refractivity contribution >= 4 is 65.3 Å². The van der Waals surface area contributed by atoms with Crippen molar-refractivity contribution in [2.75, 3.05) is 0 Å². The maximum Gasteiger partial charge on any atom is 0.164 e. The molecule has 0 unspecified atom stereocenters. The van der Waals surface area contributed by atoms with Gasteiger partial charge < -0.3 is 8.98 Å². The largest absolute Gasteiger partial charge is 0.455 e. The first kappa shape index (κ1) is 29.7. The highest BCUT2D eigenvalue weighted by Crippen LogP contribution is 2.42. The van der Waals surface area contributed by atoms with Crippen LogP contribution in [0.25, 0.3) is 104 Å². The molecule has 7 aromatic carbocycles. The second kappa shape index (κ2) is 11.8. The fraction of sp³-hybridized carbons (Fsp3) is 0. The van der Waals surface area contributed by atoms with E-state index in [0.29, 0.717) is 17.5 Å². The van der Waals surface area contributed by atoms with Gasteiger partial charge in [0.1, 0.15) is 16.2 Å². The van der Waals surface area contributed by atoms with Crippen molar-refractivity contribution in [2.24, 2.45) is 0 Å². The van der Waals surface area contributed by atoms with Crippen molar-refractivity contribution in [1.29, 1.82) is 0 Å². The number of benzene rings is 7. The van der Waals surface area contributed by atoms with Gasteiger partial charge >= 0.3 is 0 Å². The Balaban J connectivity index is 1.14. The second-order valence-corrected chi connectivity index (χ2v) is 14.1. The van der Waals surface area contributed by atoms with E-state index in [1.54, 1.807) is 11.3 Å². The molecule has 0 aliphatic carbocycles. The molecule has 0 fully saturated rings. The summed E-state index contributed by atoms with van der Waals surface area (Å²) in [6.45, 7) is 0. The molecule has 11 rings (SSSR count). The third-order valence-electron chi connectivity index (χ3n) is 9.90. The van der Waals surface area contributed by atoms with Crippen LogP contribution in [-0.4, -0.2) is 24.5 Å². The monoisotopic (exact) mass is 697 g/mol. The van der Waals surface area contributed by atoms with Gasteiger partial charge in [-0.25, -0.2) is 19.9 Å². The summed E-state index contributed by atoms with van der Waals surface area (Å²) >= 11 is 1.67. The molecular weight excluding hydrogens is 671 g/mol. The molecule has 0 radical (unpaired) electrons. The van der Waals surface area contributed by atoms with E-state index in [2.05, 4.69) is 102 Å². The van der Waals surface area contributed by atoms with Crippen LogP contribution in [0.5, 0.6) is 0 Å². The van der Waals surface area contributed by atoms with Gasteiger partial charge in [-0.2, -0.15) is 0 Å². The van der Waals surface area contributed by atoms with Gasteiger partial charge in [-0.3, -0.25) is 0 Å². The van der Waals surface area contributed by atoms with Crippen LogP contribution >= 0.6 is 11.3 Å². The molecule has 0 saturated carbocycles. The molecule has 248 valence electrons. The molecule has 7 heteroatoms. The van der Waals surface area contributed by atoms with E-state index < -0.39 is 0 Å². The van der Waals surface area contributed by atoms with Crippen LogP contribution in [0.4, 0.5) is 0 Å². The van der Waals surface area contributed by atoms with Crippen molar-refractivity contribution in [3.63, 3.8) is 0 Å². The maximum atomic E-state index is 6.65. The van der Waals surface area contributed by atoms with E-state index in [1.165, 1.54) is 10.8 Å². The van der Waals surface area contributed by atoms with Crippen molar-refractivity contribution < 1.29 is 4.42 Å². The lowest BCUT2D eigenvalue weighted by Gasteiger charge is -2.11. The number of aromatic nitrogens is 5. The second-order valence-electron chi connectivity index (χ2n) is 13.0. The lowest BCUT2D eigenvalue weighted by molar-refractivity contribution is 0.670. The Morgan fingerprint density at radius 2 is 1.15 bits per heavy atom. The molecule has 53 heavy (non-hydrogen) atoms. The van der Waals surface area contributed by atoms with Gasteiger partial charge in [0.05, 0.1) is 26.8 Å². The van der Waals surface area contributed by atoms with E-state index in [-0.39, 0.29) is 0 Å². The third kappa shape index (κ3) is 4.79. The minimum Gasteiger partial charge on any atom is -0.455 e. The molecular formula is C46H27N5OS. The van der Waals surface area contributed by atoms with E-state index in [1.807, 2.05) is 66.7 Å². The Bertz CT molecular complexity index is 3150. The van der Waals surface area contributed by atoms with Gasteiger partial charge in [-0.05, 0) is 48.5 Å². The minimum atomic E-state index is 0.580. The molecule has 0 atom stereocenters. The molecule has 0 bridgehead atoms. The van der Waals surface area contributed by atoms with Gasteiger partial charge in [0.25, 0.3) is 0 Å². The highest BCUT2D eigenvalue weighted by Gasteiger charge is 2.21. The zero-order chi connectivity index (χ0) is 34.9. The number of hydrogen-bond acceptors (Lipinski definition) is 6. The smallest absolute Gasteiger partial charge is 0.164 e. The molecule has 11 aromatic rings. The molecule has 0 saturated heterocycles. The van der Waals surface area contributed by atoms with Gasteiger partial charge in [0.2, 0.25) is 0 Å². The van der Waals surface area contributed by atoms with E-state index >= 15 is 0 Å². The van der Waals surface area contributed by atoms with E-state index in [9.17, 15) is 0 Å². The topological polar surface area (TPSA) is 69.6 Å². The number of rotatable bonds is 5. The zero-order valence-corrected chi connectivity index (χ0v) is 29.0. The summed E-state index contributed by atoms with van der Waals surface area (Å²) in [6.07, 6.45) is 0. The Hall–Kier alpha value is -6.96. The Morgan fingerprint density at radius 1 is 0.472 bits per heavy atom. The van der Waals surface area contributed by atoms with Crippen molar-refractivity contribution in [3.05, 3.63) is 164 Å². The van der Waals surface area contributed by atoms with Crippen molar-refractivity contribution in [3.8, 4) is 50.4 Å². The van der Waals surface area contributed by atoms with Gasteiger partial charge in [0, 0.05) is 43.9 Å².